The Kier molecular flexibility index (Phi) is 2.77. The van der Waals surface area contributed by atoms with Gasteiger partial charge in [-0.05, 0) is 60.5 Å². The van der Waals surface area contributed by atoms with Crippen LogP contribution in [0.4, 0.5) is 0 Å². The fourth-order valence-corrected chi connectivity index (χ4v) is 4.31. The summed E-state index contributed by atoms with van der Waals surface area (Å²) in [4.78, 5) is 0. The first-order valence-corrected chi connectivity index (χ1v) is 7.23. The molecular formula is C17H24. The molecule has 0 aliphatic heterocycles. The van der Waals surface area contributed by atoms with Gasteiger partial charge in [-0.15, -0.1) is 0 Å². The molecule has 2 aliphatic rings. The summed E-state index contributed by atoms with van der Waals surface area (Å²) < 4.78 is 0. The van der Waals surface area contributed by atoms with Gasteiger partial charge in [-0.2, -0.15) is 0 Å². The molecule has 0 spiro atoms. The minimum Gasteiger partial charge on any atom is -0.0620 e. The van der Waals surface area contributed by atoms with Gasteiger partial charge in [-0.3, -0.25) is 0 Å². The second-order valence-electron chi connectivity index (χ2n) is 6.76. The third-order valence-electron chi connectivity index (χ3n) is 5.29. The largest absolute Gasteiger partial charge is 0.0620 e. The van der Waals surface area contributed by atoms with Crippen LogP contribution in [0.2, 0.25) is 0 Å². The van der Waals surface area contributed by atoms with E-state index < -0.39 is 0 Å². The van der Waals surface area contributed by atoms with Gasteiger partial charge in [0.25, 0.3) is 0 Å². The molecule has 0 nitrogen and oxygen atoms in total. The van der Waals surface area contributed by atoms with Crippen LogP contribution in [0.3, 0.4) is 0 Å². The number of hydrogen-bond donors (Lipinski definition) is 0. The van der Waals surface area contributed by atoms with E-state index >= 15 is 0 Å². The van der Waals surface area contributed by atoms with E-state index in [0.717, 1.165) is 11.8 Å². The Bertz CT molecular complexity index is 402. The predicted molar refractivity (Wildman–Crippen MR) is 73.1 cm³/mol. The third kappa shape index (κ3) is 2.03. The van der Waals surface area contributed by atoms with Crippen LogP contribution in [-0.2, 0) is 12.8 Å². The summed E-state index contributed by atoms with van der Waals surface area (Å²) in [5, 5.41) is 0. The van der Waals surface area contributed by atoms with E-state index in [2.05, 4.69) is 38.1 Å². The zero-order valence-electron chi connectivity index (χ0n) is 11.2. The van der Waals surface area contributed by atoms with Gasteiger partial charge in [0.2, 0.25) is 0 Å². The number of aryl methyl sites for hydroxylation is 1. The van der Waals surface area contributed by atoms with Crippen molar-refractivity contribution in [1.29, 1.82) is 0 Å². The van der Waals surface area contributed by atoms with E-state index in [0.29, 0.717) is 5.41 Å². The molecular weight excluding hydrogens is 204 g/mol. The molecule has 2 atom stereocenters. The lowest BCUT2D eigenvalue weighted by Gasteiger charge is -2.43. The van der Waals surface area contributed by atoms with Crippen molar-refractivity contribution in [3.8, 4) is 0 Å². The van der Waals surface area contributed by atoms with Crippen molar-refractivity contribution < 1.29 is 0 Å². The van der Waals surface area contributed by atoms with Gasteiger partial charge in [-0.25, -0.2) is 0 Å². The Hall–Kier alpha value is -0.780. The van der Waals surface area contributed by atoms with Gasteiger partial charge in [0.1, 0.15) is 0 Å². The van der Waals surface area contributed by atoms with Crippen LogP contribution in [0, 0.1) is 17.3 Å². The molecule has 0 amide bonds. The molecule has 0 saturated heterocycles. The maximum atomic E-state index is 2.50. The zero-order valence-corrected chi connectivity index (χ0v) is 11.2. The highest BCUT2D eigenvalue weighted by Crippen LogP contribution is 2.48. The second kappa shape index (κ2) is 4.15. The van der Waals surface area contributed by atoms with Gasteiger partial charge in [0, 0.05) is 0 Å². The molecule has 1 fully saturated rings. The zero-order chi connectivity index (χ0) is 11.9. The van der Waals surface area contributed by atoms with E-state index in [1.54, 1.807) is 11.1 Å². The Morgan fingerprint density at radius 1 is 1.06 bits per heavy atom. The quantitative estimate of drug-likeness (QED) is 0.608. The van der Waals surface area contributed by atoms with Crippen molar-refractivity contribution >= 4 is 0 Å². The summed E-state index contributed by atoms with van der Waals surface area (Å²) in [6.45, 7) is 5.00. The number of benzene rings is 1. The van der Waals surface area contributed by atoms with E-state index in [1.807, 2.05) is 0 Å². The highest BCUT2D eigenvalue weighted by molar-refractivity contribution is 5.29. The van der Waals surface area contributed by atoms with E-state index in [1.165, 1.54) is 38.5 Å². The van der Waals surface area contributed by atoms with Crippen LogP contribution >= 0.6 is 0 Å². The Balaban J connectivity index is 1.91. The average molecular weight is 228 g/mol. The summed E-state index contributed by atoms with van der Waals surface area (Å²) in [6, 6.07) is 9.13. The Morgan fingerprint density at radius 2 is 1.82 bits per heavy atom. The monoisotopic (exact) mass is 228 g/mol. The number of fused-ring (bicyclic) bond motifs is 2. The molecule has 17 heavy (non-hydrogen) atoms. The first-order valence-electron chi connectivity index (χ1n) is 7.23. The van der Waals surface area contributed by atoms with Crippen LogP contribution in [0.25, 0.3) is 0 Å². The fourth-order valence-electron chi connectivity index (χ4n) is 4.31. The highest BCUT2D eigenvalue weighted by atomic mass is 14.4. The molecule has 0 N–H and O–H groups in total. The van der Waals surface area contributed by atoms with Crippen molar-refractivity contribution in [3.63, 3.8) is 0 Å². The van der Waals surface area contributed by atoms with Gasteiger partial charge in [0.05, 0.1) is 0 Å². The molecule has 0 unspecified atom stereocenters. The van der Waals surface area contributed by atoms with Crippen molar-refractivity contribution in [2.45, 2.75) is 52.4 Å². The SMILES string of the molecule is CC1(C)CCC[C@H]2Cc3ccccc3CC[C@H]21. The molecule has 1 aromatic rings. The molecule has 1 saturated carbocycles. The number of hydrogen-bond acceptors (Lipinski definition) is 0. The second-order valence-corrected chi connectivity index (χ2v) is 6.76. The summed E-state index contributed by atoms with van der Waals surface area (Å²) in [7, 11) is 0. The van der Waals surface area contributed by atoms with Crippen molar-refractivity contribution in [3.05, 3.63) is 35.4 Å². The maximum absolute atomic E-state index is 2.50. The lowest BCUT2D eigenvalue weighted by Crippen LogP contribution is -2.35. The Morgan fingerprint density at radius 3 is 2.65 bits per heavy atom. The van der Waals surface area contributed by atoms with Crippen molar-refractivity contribution in [1.82, 2.24) is 0 Å². The predicted octanol–water partition coefficient (Wildman–Crippen LogP) is 4.62. The normalized spacial score (nSPS) is 31.2. The standard InChI is InChI=1S/C17H24/c1-17(2)11-5-8-15-12-14-7-4-3-6-13(14)9-10-16(15)17/h3-4,6-7,15-16H,5,8-12H2,1-2H3/t15-,16+/m0/s1. The molecule has 1 aromatic carbocycles. The molecule has 0 heterocycles. The van der Waals surface area contributed by atoms with Gasteiger partial charge >= 0.3 is 0 Å². The lowest BCUT2D eigenvalue weighted by atomic mass is 9.62. The summed E-state index contributed by atoms with van der Waals surface area (Å²) in [5.74, 6) is 1.89. The Labute approximate surface area is 105 Å². The van der Waals surface area contributed by atoms with Crippen LogP contribution in [0.15, 0.2) is 24.3 Å². The minimum absolute atomic E-state index is 0.574. The molecule has 0 bridgehead atoms. The first kappa shape index (κ1) is 11.3. The lowest BCUT2D eigenvalue weighted by molar-refractivity contribution is 0.0705. The molecule has 92 valence electrons. The summed E-state index contributed by atoms with van der Waals surface area (Å²) in [5.41, 5.74) is 3.83. The average Bonchev–Trinajstić information content (AvgIpc) is 2.48. The van der Waals surface area contributed by atoms with E-state index in [4.69, 9.17) is 0 Å². The van der Waals surface area contributed by atoms with Crippen molar-refractivity contribution in [2.24, 2.45) is 17.3 Å². The molecule has 2 aliphatic carbocycles. The highest BCUT2D eigenvalue weighted by Gasteiger charge is 2.39. The van der Waals surface area contributed by atoms with Gasteiger partial charge in [0.15, 0.2) is 0 Å². The summed E-state index contributed by atoms with van der Waals surface area (Å²) >= 11 is 0. The van der Waals surface area contributed by atoms with Crippen LogP contribution in [0.1, 0.15) is 50.7 Å². The molecule has 3 rings (SSSR count). The minimum atomic E-state index is 0.574. The molecule has 0 aromatic heterocycles. The third-order valence-corrected chi connectivity index (χ3v) is 5.29. The van der Waals surface area contributed by atoms with E-state index in [9.17, 15) is 0 Å². The summed E-state index contributed by atoms with van der Waals surface area (Å²) in [6.07, 6.45) is 8.39. The topological polar surface area (TPSA) is 0 Å². The van der Waals surface area contributed by atoms with Gasteiger partial charge in [-0.1, -0.05) is 44.5 Å². The first-order chi connectivity index (χ1) is 8.17. The van der Waals surface area contributed by atoms with E-state index in [-0.39, 0.29) is 0 Å². The fraction of sp³-hybridized carbons (Fsp3) is 0.647. The molecule has 0 radical (unpaired) electrons. The molecule has 0 heteroatoms. The maximum Gasteiger partial charge on any atom is -0.0245 e. The number of rotatable bonds is 0. The van der Waals surface area contributed by atoms with Crippen LogP contribution in [0.5, 0.6) is 0 Å². The van der Waals surface area contributed by atoms with Crippen molar-refractivity contribution in [2.75, 3.05) is 0 Å². The van der Waals surface area contributed by atoms with Gasteiger partial charge < -0.3 is 0 Å². The van der Waals surface area contributed by atoms with Crippen LogP contribution in [-0.4, -0.2) is 0 Å². The smallest absolute Gasteiger partial charge is 0.0245 e. The van der Waals surface area contributed by atoms with Crippen LogP contribution < -0.4 is 0 Å².